The van der Waals surface area contributed by atoms with Crippen LogP contribution in [0.2, 0.25) is 0 Å². The Hall–Kier alpha value is -4.26. The Morgan fingerprint density at radius 1 is 0.897 bits per heavy atom. The van der Waals surface area contributed by atoms with E-state index >= 15 is 0 Å². The second-order valence-electron chi connectivity index (χ2n) is 9.64. The van der Waals surface area contributed by atoms with Gasteiger partial charge >= 0.3 is 0 Å². The summed E-state index contributed by atoms with van der Waals surface area (Å²) in [5, 5.41) is 0.447. The molecule has 202 valence electrons. The van der Waals surface area contributed by atoms with Gasteiger partial charge in [0.1, 0.15) is 11.3 Å². The van der Waals surface area contributed by atoms with E-state index in [-0.39, 0.29) is 17.1 Å². The molecule has 0 saturated carbocycles. The van der Waals surface area contributed by atoms with Crippen LogP contribution in [0.1, 0.15) is 66.4 Å². The van der Waals surface area contributed by atoms with Crippen LogP contribution in [0, 0.1) is 6.92 Å². The first kappa shape index (κ1) is 26.4. The van der Waals surface area contributed by atoms with Crippen molar-refractivity contribution in [1.82, 2.24) is 0 Å². The third-order valence-electron chi connectivity index (χ3n) is 6.96. The second-order valence-corrected chi connectivity index (χ2v) is 9.64. The van der Waals surface area contributed by atoms with E-state index in [4.69, 9.17) is 18.6 Å². The van der Waals surface area contributed by atoms with Crippen molar-refractivity contribution in [3.05, 3.63) is 93.3 Å². The van der Waals surface area contributed by atoms with Crippen LogP contribution in [0.25, 0.3) is 11.0 Å². The summed E-state index contributed by atoms with van der Waals surface area (Å²) in [6, 6.07) is 17.5. The topological polar surface area (TPSA) is 78.2 Å². The molecule has 2 heterocycles. The fourth-order valence-corrected chi connectivity index (χ4v) is 5.05. The number of hydrogen-bond donors (Lipinski definition) is 0. The van der Waals surface area contributed by atoms with Gasteiger partial charge in [-0.2, -0.15) is 0 Å². The first-order valence-electron chi connectivity index (χ1n) is 13.4. The molecule has 0 aliphatic carbocycles. The number of unbranched alkanes of at least 4 members (excludes halogenated alkanes) is 2. The zero-order chi connectivity index (χ0) is 27.5. The molecule has 1 aliphatic rings. The van der Waals surface area contributed by atoms with Crippen LogP contribution in [0.5, 0.6) is 17.2 Å². The van der Waals surface area contributed by atoms with Crippen molar-refractivity contribution in [3.8, 4) is 17.2 Å². The van der Waals surface area contributed by atoms with Gasteiger partial charge in [-0.25, -0.2) is 0 Å². The molecule has 39 heavy (non-hydrogen) atoms. The lowest BCUT2D eigenvalue weighted by atomic mass is 9.97. The zero-order valence-corrected chi connectivity index (χ0v) is 22.8. The number of aryl methyl sites for hydroxylation is 1. The van der Waals surface area contributed by atoms with Crippen LogP contribution < -0.4 is 24.5 Å². The maximum Gasteiger partial charge on any atom is 0.295 e. The SMILES string of the molecule is CCCCCOc1ccc(C2c3c(oc4ccc(C)cc4c3=O)C(=O)N2c2ccc(OCC)cc2)cc1OC. The molecule has 0 N–H and O–H groups in total. The molecule has 0 bridgehead atoms. The van der Waals surface area contributed by atoms with Gasteiger partial charge in [0.25, 0.3) is 5.91 Å². The summed E-state index contributed by atoms with van der Waals surface area (Å²) in [7, 11) is 1.58. The number of methoxy groups -OCH3 is 1. The van der Waals surface area contributed by atoms with Crippen molar-refractivity contribution in [2.24, 2.45) is 0 Å². The fraction of sp³-hybridized carbons (Fsp3) is 0.312. The van der Waals surface area contributed by atoms with E-state index in [1.807, 2.05) is 62.4 Å². The summed E-state index contributed by atoms with van der Waals surface area (Å²) < 4.78 is 23.3. The number of carbonyl (C=O) groups is 1. The zero-order valence-electron chi connectivity index (χ0n) is 22.8. The van der Waals surface area contributed by atoms with E-state index in [1.54, 1.807) is 24.1 Å². The van der Waals surface area contributed by atoms with Gasteiger partial charge in [0.05, 0.1) is 37.3 Å². The van der Waals surface area contributed by atoms with E-state index in [0.29, 0.717) is 58.2 Å². The first-order chi connectivity index (χ1) is 19.0. The Morgan fingerprint density at radius 2 is 1.69 bits per heavy atom. The standard InChI is InChI=1S/C32H33NO6/c1-5-7-8-17-38-26-16-10-21(19-27(26)36-4)29-28-30(34)24-18-20(3)9-15-25(24)39-31(28)32(35)33(29)22-11-13-23(14-12-22)37-6-2/h9-16,18-19,29H,5-8,17H2,1-4H3. The van der Waals surface area contributed by atoms with Gasteiger partial charge in [-0.15, -0.1) is 0 Å². The smallest absolute Gasteiger partial charge is 0.295 e. The third kappa shape index (κ3) is 4.97. The van der Waals surface area contributed by atoms with Crippen molar-refractivity contribution >= 4 is 22.6 Å². The summed E-state index contributed by atoms with van der Waals surface area (Å²) >= 11 is 0. The van der Waals surface area contributed by atoms with Gasteiger partial charge in [0.2, 0.25) is 5.76 Å². The fourth-order valence-electron chi connectivity index (χ4n) is 5.05. The summed E-state index contributed by atoms with van der Waals surface area (Å²) in [5.41, 5.74) is 2.75. The highest BCUT2D eigenvalue weighted by molar-refractivity contribution is 6.10. The van der Waals surface area contributed by atoms with Gasteiger partial charge in [-0.3, -0.25) is 14.5 Å². The summed E-state index contributed by atoms with van der Waals surface area (Å²) in [6.07, 6.45) is 3.14. The highest BCUT2D eigenvalue weighted by atomic mass is 16.5. The largest absolute Gasteiger partial charge is 0.494 e. The van der Waals surface area contributed by atoms with Crippen molar-refractivity contribution in [2.75, 3.05) is 25.2 Å². The van der Waals surface area contributed by atoms with Crippen molar-refractivity contribution in [1.29, 1.82) is 0 Å². The Balaban J connectivity index is 1.65. The Kier molecular flexibility index (Phi) is 7.59. The van der Waals surface area contributed by atoms with Crippen LogP contribution >= 0.6 is 0 Å². The number of amides is 1. The molecule has 1 aliphatic heterocycles. The van der Waals surface area contributed by atoms with E-state index in [9.17, 15) is 9.59 Å². The number of ether oxygens (including phenoxy) is 3. The number of benzene rings is 3. The van der Waals surface area contributed by atoms with Gasteiger partial charge in [-0.05, 0) is 74.4 Å². The predicted octanol–water partition coefficient (Wildman–Crippen LogP) is 6.83. The molecular weight excluding hydrogens is 494 g/mol. The number of hydrogen-bond acceptors (Lipinski definition) is 6. The minimum absolute atomic E-state index is 0.0501. The van der Waals surface area contributed by atoms with Crippen LogP contribution in [0.4, 0.5) is 5.69 Å². The van der Waals surface area contributed by atoms with Crippen molar-refractivity contribution in [2.45, 2.75) is 46.1 Å². The lowest BCUT2D eigenvalue weighted by Crippen LogP contribution is -2.29. The predicted molar refractivity (Wildman–Crippen MR) is 151 cm³/mol. The molecular formula is C32H33NO6. The van der Waals surface area contributed by atoms with Crippen LogP contribution in [0.3, 0.4) is 0 Å². The quantitative estimate of drug-likeness (QED) is 0.210. The summed E-state index contributed by atoms with van der Waals surface area (Å²) in [4.78, 5) is 29.4. The van der Waals surface area contributed by atoms with Gasteiger partial charge in [-0.1, -0.05) is 37.5 Å². The van der Waals surface area contributed by atoms with Crippen LogP contribution in [-0.2, 0) is 0 Å². The lowest BCUT2D eigenvalue weighted by molar-refractivity contribution is 0.0971. The average molecular weight is 528 g/mol. The maximum absolute atomic E-state index is 13.9. The normalized spacial score (nSPS) is 14.5. The van der Waals surface area contributed by atoms with Crippen LogP contribution in [-0.4, -0.2) is 26.2 Å². The Bertz CT molecular complexity index is 1560. The van der Waals surface area contributed by atoms with Crippen molar-refractivity contribution < 1.29 is 23.4 Å². The monoisotopic (exact) mass is 527 g/mol. The highest BCUT2D eigenvalue weighted by Crippen LogP contribution is 2.43. The molecule has 7 nitrogen and oxygen atoms in total. The first-order valence-corrected chi connectivity index (χ1v) is 13.4. The average Bonchev–Trinajstić information content (AvgIpc) is 3.24. The van der Waals surface area contributed by atoms with E-state index < -0.39 is 6.04 Å². The molecule has 5 rings (SSSR count). The molecule has 1 unspecified atom stereocenters. The summed E-state index contributed by atoms with van der Waals surface area (Å²) in [5.74, 6) is 1.53. The molecule has 4 aromatic rings. The third-order valence-corrected chi connectivity index (χ3v) is 6.96. The molecule has 0 saturated heterocycles. The van der Waals surface area contributed by atoms with Gasteiger partial charge in [0, 0.05) is 5.69 Å². The molecule has 1 aromatic heterocycles. The molecule has 0 radical (unpaired) electrons. The highest BCUT2D eigenvalue weighted by Gasteiger charge is 2.44. The van der Waals surface area contributed by atoms with E-state index in [1.165, 1.54) is 0 Å². The second kappa shape index (κ2) is 11.2. The Labute approximate surface area is 227 Å². The van der Waals surface area contributed by atoms with E-state index in [2.05, 4.69) is 6.92 Å². The minimum atomic E-state index is -0.713. The number of carbonyl (C=O) groups excluding carboxylic acids is 1. The molecule has 3 aromatic carbocycles. The lowest BCUT2D eigenvalue weighted by Gasteiger charge is -2.26. The van der Waals surface area contributed by atoms with Gasteiger partial charge in [0.15, 0.2) is 16.9 Å². The number of nitrogens with zero attached hydrogens (tertiary/aromatic N) is 1. The molecule has 0 spiro atoms. The molecule has 7 heteroatoms. The number of anilines is 1. The number of rotatable bonds is 10. The molecule has 0 fully saturated rings. The van der Waals surface area contributed by atoms with Crippen molar-refractivity contribution in [3.63, 3.8) is 0 Å². The Morgan fingerprint density at radius 3 is 2.41 bits per heavy atom. The number of fused-ring (bicyclic) bond motifs is 2. The molecule has 1 amide bonds. The minimum Gasteiger partial charge on any atom is -0.494 e. The van der Waals surface area contributed by atoms with E-state index in [0.717, 1.165) is 24.8 Å². The van der Waals surface area contributed by atoms with Gasteiger partial charge < -0.3 is 18.6 Å². The summed E-state index contributed by atoms with van der Waals surface area (Å²) in [6.45, 7) is 7.10. The van der Waals surface area contributed by atoms with Crippen LogP contribution in [0.15, 0.2) is 69.9 Å². The molecule has 1 atom stereocenters. The maximum atomic E-state index is 13.9.